The van der Waals surface area contributed by atoms with Gasteiger partial charge in [0.1, 0.15) is 0 Å². The molecule has 1 aliphatic heterocycles. The molecule has 1 heterocycles. The summed E-state index contributed by atoms with van der Waals surface area (Å²) in [6, 6.07) is 7.93. The van der Waals surface area contributed by atoms with Gasteiger partial charge in [0.15, 0.2) is 0 Å². The lowest BCUT2D eigenvalue weighted by Gasteiger charge is -2.30. The number of amides is 1. The van der Waals surface area contributed by atoms with Crippen molar-refractivity contribution < 1.29 is 9.53 Å². The fraction of sp³-hybridized carbons (Fsp3) is 0.588. The summed E-state index contributed by atoms with van der Waals surface area (Å²) < 4.78 is 4.92. The monoisotopic (exact) mass is 290 g/mol. The lowest BCUT2D eigenvalue weighted by Crippen LogP contribution is -2.32. The number of carbonyl (C=O) groups is 1. The quantitative estimate of drug-likeness (QED) is 0.817. The van der Waals surface area contributed by atoms with Gasteiger partial charge in [0, 0.05) is 25.8 Å². The van der Waals surface area contributed by atoms with Crippen LogP contribution in [-0.4, -0.2) is 44.2 Å². The summed E-state index contributed by atoms with van der Waals surface area (Å²) in [5, 5.41) is 2.83. The zero-order chi connectivity index (χ0) is 15.1. The van der Waals surface area contributed by atoms with Crippen LogP contribution in [0.3, 0.4) is 0 Å². The summed E-state index contributed by atoms with van der Waals surface area (Å²) in [5.74, 6) is 0.824. The van der Waals surface area contributed by atoms with E-state index in [1.54, 1.807) is 7.11 Å². The number of likely N-dealkylation sites (tertiary alicyclic amines) is 1. The van der Waals surface area contributed by atoms with E-state index in [1.165, 1.54) is 31.5 Å². The van der Waals surface area contributed by atoms with E-state index in [2.05, 4.69) is 29.3 Å². The van der Waals surface area contributed by atoms with Crippen LogP contribution in [0.5, 0.6) is 0 Å². The molecular weight excluding hydrogens is 264 g/mol. The Bertz CT molecular complexity index is 437. The number of carbonyl (C=O) groups excluding carboxylic acids is 1. The van der Waals surface area contributed by atoms with Gasteiger partial charge < -0.3 is 10.1 Å². The Morgan fingerprint density at radius 1 is 1.29 bits per heavy atom. The summed E-state index contributed by atoms with van der Waals surface area (Å²) in [6.07, 6.45) is 2.58. The van der Waals surface area contributed by atoms with Gasteiger partial charge in [-0.1, -0.05) is 19.1 Å². The number of nitrogens with one attached hydrogen (secondary N) is 1. The maximum absolute atomic E-state index is 11.9. The van der Waals surface area contributed by atoms with Crippen LogP contribution in [0.4, 0.5) is 0 Å². The van der Waals surface area contributed by atoms with Gasteiger partial charge in [0.2, 0.25) is 0 Å². The van der Waals surface area contributed by atoms with E-state index < -0.39 is 0 Å². The van der Waals surface area contributed by atoms with Crippen LogP contribution in [0.1, 0.15) is 35.7 Å². The van der Waals surface area contributed by atoms with Crippen LogP contribution < -0.4 is 5.32 Å². The van der Waals surface area contributed by atoms with Gasteiger partial charge in [-0.3, -0.25) is 9.69 Å². The molecule has 0 saturated carbocycles. The highest BCUT2D eigenvalue weighted by molar-refractivity contribution is 5.94. The van der Waals surface area contributed by atoms with E-state index in [1.807, 2.05) is 12.1 Å². The van der Waals surface area contributed by atoms with Crippen molar-refractivity contribution >= 4 is 5.91 Å². The third kappa shape index (κ3) is 5.14. The third-order valence-electron chi connectivity index (χ3n) is 4.09. The van der Waals surface area contributed by atoms with Gasteiger partial charge in [0.05, 0.1) is 6.61 Å². The molecule has 1 aromatic carbocycles. The maximum Gasteiger partial charge on any atom is 0.251 e. The molecule has 21 heavy (non-hydrogen) atoms. The van der Waals surface area contributed by atoms with Crippen molar-refractivity contribution in [3.63, 3.8) is 0 Å². The van der Waals surface area contributed by atoms with E-state index >= 15 is 0 Å². The van der Waals surface area contributed by atoms with E-state index in [-0.39, 0.29) is 5.91 Å². The second-order valence-electron chi connectivity index (χ2n) is 5.90. The Morgan fingerprint density at radius 3 is 2.57 bits per heavy atom. The molecule has 0 unspecified atom stereocenters. The molecule has 116 valence electrons. The van der Waals surface area contributed by atoms with Crippen LogP contribution in [0.2, 0.25) is 0 Å². The average Bonchev–Trinajstić information content (AvgIpc) is 2.50. The summed E-state index contributed by atoms with van der Waals surface area (Å²) >= 11 is 0. The minimum Gasteiger partial charge on any atom is -0.383 e. The average molecular weight is 290 g/mol. The Labute approximate surface area is 127 Å². The third-order valence-corrected chi connectivity index (χ3v) is 4.09. The lowest BCUT2D eigenvalue weighted by molar-refractivity contribution is 0.0937. The molecule has 0 bridgehead atoms. The molecule has 1 fully saturated rings. The molecular formula is C17H26N2O2. The van der Waals surface area contributed by atoms with Crippen molar-refractivity contribution in [3.05, 3.63) is 35.4 Å². The van der Waals surface area contributed by atoms with Crippen molar-refractivity contribution in [1.82, 2.24) is 10.2 Å². The predicted molar refractivity (Wildman–Crippen MR) is 84.3 cm³/mol. The zero-order valence-electron chi connectivity index (χ0n) is 13.1. The standard InChI is InChI=1S/C17H26N2O2/c1-14-7-10-19(11-8-14)13-15-3-5-16(6-4-15)17(20)18-9-12-21-2/h3-6,14H,7-13H2,1-2H3,(H,18,20). The van der Waals surface area contributed by atoms with Gasteiger partial charge in [-0.15, -0.1) is 0 Å². The van der Waals surface area contributed by atoms with E-state index in [0.717, 1.165) is 12.5 Å². The number of hydrogen-bond acceptors (Lipinski definition) is 3. The van der Waals surface area contributed by atoms with Crippen molar-refractivity contribution in [2.75, 3.05) is 33.4 Å². The minimum absolute atomic E-state index is 0.0367. The Kier molecular flexibility index (Phi) is 6.21. The molecule has 0 spiro atoms. The first-order chi connectivity index (χ1) is 10.2. The number of methoxy groups -OCH3 is 1. The number of ether oxygens (including phenoxy) is 1. The van der Waals surface area contributed by atoms with E-state index in [9.17, 15) is 4.79 Å². The van der Waals surface area contributed by atoms with Crippen molar-refractivity contribution in [2.24, 2.45) is 5.92 Å². The van der Waals surface area contributed by atoms with E-state index in [0.29, 0.717) is 18.7 Å². The largest absolute Gasteiger partial charge is 0.383 e. The van der Waals surface area contributed by atoms with Crippen LogP contribution in [0.15, 0.2) is 24.3 Å². The molecule has 0 radical (unpaired) electrons. The first-order valence-corrected chi connectivity index (χ1v) is 7.77. The van der Waals surface area contributed by atoms with Crippen molar-refractivity contribution in [1.29, 1.82) is 0 Å². The molecule has 4 nitrogen and oxygen atoms in total. The first kappa shape index (κ1) is 16.0. The topological polar surface area (TPSA) is 41.6 Å². The maximum atomic E-state index is 11.9. The molecule has 1 aromatic rings. The highest BCUT2D eigenvalue weighted by Crippen LogP contribution is 2.18. The molecule has 1 saturated heterocycles. The number of rotatable bonds is 6. The zero-order valence-corrected chi connectivity index (χ0v) is 13.1. The van der Waals surface area contributed by atoms with Crippen LogP contribution in [0, 0.1) is 5.92 Å². The normalized spacial score (nSPS) is 16.9. The molecule has 1 amide bonds. The Hall–Kier alpha value is -1.39. The summed E-state index contributed by atoms with van der Waals surface area (Å²) in [5.41, 5.74) is 1.99. The van der Waals surface area contributed by atoms with Crippen LogP contribution >= 0.6 is 0 Å². The van der Waals surface area contributed by atoms with Gasteiger partial charge >= 0.3 is 0 Å². The molecule has 0 aromatic heterocycles. The molecule has 1 N–H and O–H groups in total. The van der Waals surface area contributed by atoms with Crippen molar-refractivity contribution in [3.8, 4) is 0 Å². The number of nitrogens with zero attached hydrogens (tertiary/aromatic N) is 1. The van der Waals surface area contributed by atoms with Gasteiger partial charge in [-0.05, 0) is 49.5 Å². The fourth-order valence-electron chi connectivity index (χ4n) is 2.61. The molecule has 0 aliphatic carbocycles. The van der Waals surface area contributed by atoms with Crippen LogP contribution in [-0.2, 0) is 11.3 Å². The van der Waals surface area contributed by atoms with Crippen molar-refractivity contribution in [2.45, 2.75) is 26.3 Å². The van der Waals surface area contributed by atoms with Gasteiger partial charge in [-0.2, -0.15) is 0 Å². The number of hydrogen-bond donors (Lipinski definition) is 1. The highest BCUT2D eigenvalue weighted by atomic mass is 16.5. The SMILES string of the molecule is COCCNC(=O)c1ccc(CN2CCC(C)CC2)cc1. The molecule has 2 rings (SSSR count). The van der Waals surface area contributed by atoms with E-state index in [4.69, 9.17) is 4.74 Å². The second kappa shape index (κ2) is 8.15. The summed E-state index contributed by atoms with van der Waals surface area (Å²) in [6.45, 7) is 6.76. The number of piperidine rings is 1. The van der Waals surface area contributed by atoms with Crippen LogP contribution in [0.25, 0.3) is 0 Å². The summed E-state index contributed by atoms with van der Waals surface area (Å²) in [4.78, 5) is 14.4. The smallest absolute Gasteiger partial charge is 0.251 e. The predicted octanol–water partition coefficient (Wildman–Crippen LogP) is 2.29. The molecule has 1 aliphatic rings. The molecule has 4 heteroatoms. The van der Waals surface area contributed by atoms with Gasteiger partial charge in [-0.25, -0.2) is 0 Å². The molecule has 0 atom stereocenters. The first-order valence-electron chi connectivity index (χ1n) is 7.77. The highest BCUT2D eigenvalue weighted by Gasteiger charge is 2.15. The van der Waals surface area contributed by atoms with Gasteiger partial charge in [0.25, 0.3) is 5.91 Å². The fourth-order valence-corrected chi connectivity index (χ4v) is 2.61. The Morgan fingerprint density at radius 2 is 1.95 bits per heavy atom. The number of benzene rings is 1. The summed E-state index contributed by atoms with van der Waals surface area (Å²) in [7, 11) is 1.63. The lowest BCUT2D eigenvalue weighted by atomic mass is 9.99. The Balaban J connectivity index is 1.82. The minimum atomic E-state index is -0.0367. The second-order valence-corrected chi connectivity index (χ2v) is 5.90.